The molecule has 0 aromatic heterocycles. The fourth-order valence-electron chi connectivity index (χ4n) is 3.35. The van der Waals surface area contributed by atoms with Crippen molar-refractivity contribution in [3.8, 4) is 0 Å². The Bertz CT molecular complexity index is 646. The molecule has 0 saturated carbocycles. The van der Waals surface area contributed by atoms with Gasteiger partial charge in [-0.15, -0.1) is 0 Å². The van der Waals surface area contributed by atoms with Gasteiger partial charge >= 0.3 is 6.03 Å². The van der Waals surface area contributed by atoms with Gasteiger partial charge in [0.05, 0.1) is 0 Å². The molecule has 1 spiro atoms. The lowest BCUT2D eigenvalue weighted by molar-refractivity contribution is -0.125. The second-order valence-electron chi connectivity index (χ2n) is 6.58. The molecule has 6 nitrogen and oxygen atoms in total. The predicted molar refractivity (Wildman–Crippen MR) is 89.6 cm³/mol. The summed E-state index contributed by atoms with van der Waals surface area (Å²) in [4.78, 5) is 37.6. The molecule has 0 aliphatic carbocycles. The number of unbranched alkanes of at least 4 members (excludes halogenated alkanes) is 1. The van der Waals surface area contributed by atoms with E-state index in [0.717, 1.165) is 19.3 Å². The van der Waals surface area contributed by atoms with Crippen molar-refractivity contribution < 1.29 is 14.4 Å². The molecule has 6 heteroatoms. The van der Waals surface area contributed by atoms with Crippen molar-refractivity contribution in [2.75, 3.05) is 13.1 Å². The summed E-state index contributed by atoms with van der Waals surface area (Å²) in [5, 5.41) is 4.99. The number of rotatable bonds is 4. The maximum Gasteiger partial charge on any atom is 0.322 e. The second kappa shape index (κ2) is 6.63. The molecular formula is C18H23N3O3. The summed E-state index contributed by atoms with van der Waals surface area (Å²) in [5.41, 5.74) is 1.08. The fraction of sp³-hybridized carbons (Fsp3) is 0.500. The van der Waals surface area contributed by atoms with Crippen LogP contribution in [0.2, 0.25) is 0 Å². The fourth-order valence-corrected chi connectivity index (χ4v) is 3.35. The van der Waals surface area contributed by atoms with Gasteiger partial charge < -0.3 is 10.2 Å². The maximum absolute atomic E-state index is 12.6. The van der Waals surface area contributed by atoms with Crippen LogP contribution in [0, 0.1) is 0 Å². The summed E-state index contributed by atoms with van der Waals surface area (Å²) in [6, 6.07) is 7.34. The molecule has 1 aromatic rings. The number of amides is 4. The zero-order valence-corrected chi connectivity index (χ0v) is 13.9. The minimum Gasteiger partial charge on any atom is -0.338 e. The number of benzene rings is 1. The Kier molecular flexibility index (Phi) is 4.55. The quantitative estimate of drug-likeness (QED) is 0.828. The van der Waals surface area contributed by atoms with Gasteiger partial charge in [0, 0.05) is 18.7 Å². The molecular weight excluding hydrogens is 306 g/mol. The highest BCUT2D eigenvalue weighted by atomic mass is 16.2. The molecule has 2 aliphatic heterocycles. The topological polar surface area (TPSA) is 78.5 Å². The van der Waals surface area contributed by atoms with Crippen molar-refractivity contribution in [2.45, 2.75) is 44.6 Å². The number of nitrogens with zero attached hydrogens (tertiary/aromatic N) is 1. The van der Waals surface area contributed by atoms with Crippen LogP contribution in [-0.2, 0) is 11.2 Å². The smallest absolute Gasteiger partial charge is 0.322 e. The Labute approximate surface area is 141 Å². The molecule has 0 unspecified atom stereocenters. The highest BCUT2D eigenvalue weighted by Crippen LogP contribution is 2.26. The van der Waals surface area contributed by atoms with E-state index >= 15 is 0 Å². The summed E-state index contributed by atoms with van der Waals surface area (Å²) in [6.07, 6.45) is 4.23. The van der Waals surface area contributed by atoms with Crippen LogP contribution in [0.3, 0.4) is 0 Å². The molecule has 2 saturated heterocycles. The van der Waals surface area contributed by atoms with Gasteiger partial charge in [0.1, 0.15) is 5.54 Å². The molecule has 2 heterocycles. The minimum absolute atomic E-state index is 0.0170. The molecule has 4 amide bonds. The lowest BCUT2D eigenvalue weighted by Crippen LogP contribution is -2.55. The normalized spacial score (nSPS) is 19.3. The van der Waals surface area contributed by atoms with E-state index in [9.17, 15) is 14.4 Å². The van der Waals surface area contributed by atoms with E-state index in [1.54, 1.807) is 4.90 Å². The number of hydrogen-bond acceptors (Lipinski definition) is 3. The van der Waals surface area contributed by atoms with Gasteiger partial charge in [0.25, 0.3) is 11.8 Å². The Morgan fingerprint density at radius 1 is 1.17 bits per heavy atom. The summed E-state index contributed by atoms with van der Waals surface area (Å²) < 4.78 is 0. The monoisotopic (exact) mass is 329 g/mol. The van der Waals surface area contributed by atoms with Crippen LogP contribution in [0.25, 0.3) is 0 Å². The van der Waals surface area contributed by atoms with Gasteiger partial charge in [-0.05, 0) is 43.4 Å². The number of hydrogen-bond donors (Lipinski definition) is 2. The first-order valence-electron chi connectivity index (χ1n) is 8.56. The largest absolute Gasteiger partial charge is 0.338 e. The Hall–Kier alpha value is -2.37. The number of carbonyl (C=O) groups is 3. The van der Waals surface area contributed by atoms with Gasteiger partial charge in [-0.25, -0.2) is 4.79 Å². The van der Waals surface area contributed by atoms with Crippen LogP contribution in [0.4, 0.5) is 4.79 Å². The average molecular weight is 329 g/mol. The molecule has 0 radical (unpaired) electrons. The Morgan fingerprint density at radius 3 is 2.38 bits per heavy atom. The minimum atomic E-state index is -0.835. The number of urea groups is 1. The number of nitrogens with one attached hydrogen (secondary N) is 2. The van der Waals surface area contributed by atoms with Crippen LogP contribution in [0.1, 0.15) is 48.5 Å². The third-order valence-corrected chi connectivity index (χ3v) is 4.94. The van der Waals surface area contributed by atoms with Gasteiger partial charge in [0.15, 0.2) is 0 Å². The van der Waals surface area contributed by atoms with E-state index in [1.807, 2.05) is 24.3 Å². The standard InChI is InChI=1S/C18H23N3O3/c1-2-3-4-13-5-7-14(8-6-13)15(22)21-11-9-18(10-12-21)16(23)19-17(24)20-18/h5-8H,2-4,9-12H2,1H3,(H2,19,20,23,24). The van der Waals surface area contributed by atoms with Gasteiger partial charge in [-0.1, -0.05) is 25.5 Å². The van der Waals surface area contributed by atoms with Gasteiger partial charge in [0.2, 0.25) is 0 Å². The molecule has 2 N–H and O–H groups in total. The molecule has 2 fully saturated rings. The van der Waals surface area contributed by atoms with E-state index in [0.29, 0.717) is 31.5 Å². The maximum atomic E-state index is 12.6. The van der Waals surface area contributed by atoms with E-state index in [4.69, 9.17) is 0 Å². The number of likely N-dealkylation sites (tertiary alicyclic amines) is 1. The van der Waals surface area contributed by atoms with E-state index < -0.39 is 11.6 Å². The SMILES string of the molecule is CCCCc1ccc(C(=O)N2CCC3(CC2)NC(=O)NC3=O)cc1. The lowest BCUT2D eigenvalue weighted by Gasteiger charge is -2.37. The molecule has 2 aliphatic rings. The van der Waals surface area contributed by atoms with E-state index in [-0.39, 0.29) is 11.8 Å². The van der Waals surface area contributed by atoms with Crippen molar-refractivity contribution in [3.63, 3.8) is 0 Å². The number of piperidine rings is 1. The van der Waals surface area contributed by atoms with Crippen LogP contribution in [0.5, 0.6) is 0 Å². The second-order valence-corrected chi connectivity index (χ2v) is 6.58. The third-order valence-electron chi connectivity index (χ3n) is 4.94. The molecule has 3 rings (SSSR count). The number of carbonyl (C=O) groups excluding carboxylic acids is 3. The molecule has 24 heavy (non-hydrogen) atoms. The Balaban J connectivity index is 1.61. The molecule has 128 valence electrons. The van der Waals surface area contributed by atoms with Crippen molar-refractivity contribution in [1.29, 1.82) is 0 Å². The first kappa shape index (κ1) is 16.5. The first-order chi connectivity index (χ1) is 11.5. The van der Waals surface area contributed by atoms with Gasteiger partial charge in [-0.2, -0.15) is 0 Å². The summed E-state index contributed by atoms with van der Waals surface area (Å²) in [5.74, 6) is -0.295. The highest BCUT2D eigenvalue weighted by molar-refractivity contribution is 6.07. The summed E-state index contributed by atoms with van der Waals surface area (Å²) >= 11 is 0. The lowest BCUT2D eigenvalue weighted by atomic mass is 9.87. The Morgan fingerprint density at radius 2 is 1.83 bits per heavy atom. The summed E-state index contributed by atoms with van der Waals surface area (Å²) in [7, 11) is 0. The van der Waals surface area contributed by atoms with Crippen LogP contribution in [-0.4, -0.2) is 41.4 Å². The molecule has 1 aromatic carbocycles. The average Bonchev–Trinajstić information content (AvgIpc) is 2.87. The first-order valence-corrected chi connectivity index (χ1v) is 8.56. The van der Waals surface area contributed by atoms with E-state index in [2.05, 4.69) is 17.6 Å². The van der Waals surface area contributed by atoms with Crippen molar-refractivity contribution in [3.05, 3.63) is 35.4 Å². The van der Waals surface area contributed by atoms with Crippen molar-refractivity contribution in [2.24, 2.45) is 0 Å². The van der Waals surface area contributed by atoms with Crippen LogP contribution in [0.15, 0.2) is 24.3 Å². The van der Waals surface area contributed by atoms with Crippen LogP contribution < -0.4 is 10.6 Å². The predicted octanol–water partition coefficient (Wildman–Crippen LogP) is 1.84. The molecule has 0 atom stereocenters. The number of aryl methyl sites for hydroxylation is 1. The molecule has 0 bridgehead atoms. The van der Waals surface area contributed by atoms with Crippen molar-refractivity contribution >= 4 is 17.8 Å². The third kappa shape index (κ3) is 3.13. The highest BCUT2D eigenvalue weighted by Gasteiger charge is 2.48. The van der Waals surface area contributed by atoms with Crippen LogP contribution >= 0.6 is 0 Å². The number of imide groups is 1. The van der Waals surface area contributed by atoms with E-state index in [1.165, 1.54) is 5.56 Å². The summed E-state index contributed by atoms with van der Waals surface area (Å²) in [6.45, 7) is 3.09. The van der Waals surface area contributed by atoms with Gasteiger partial charge in [-0.3, -0.25) is 14.9 Å². The zero-order valence-electron chi connectivity index (χ0n) is 13.9. The van der Waals surface area contributed by atoms with Crippen molar-refractivity contribution in [1.82, 2.24) is 15.5 Å². The zero-order chi connectivity index (χ0) is 17.2.